The largest absolute Gasteiger partial charge is 0.454 e. The van der Waals surface area contributed by atoms with Crippen molar-refractivity contribution in [1.29, 1.82) is 0 Å². The molecule has 1 aliphatic rings. The second-order valence-corrected chi connectivity index (χ2v) is 8.43. The molecule has 3 aromatic rings. The second kappa shape index (κ2) is 9.49. The van der Waals surface area contributed by atoms with Crippen molar-refractivity contribution in [2.24, 2.45) is 5.92 Å². The smallest absolute Gasteiger partial charge is 0.330 e. The van der Waals surface area contributed by atoms with E-state index in [1.165, 1.54) is 41.1 Å². The van der Waals surface area contributed by atoms with Gasteiger partial charge < -0.3 is 10.1 Å². The molecule has 1 N–H and O–H groups in total. The van der Waals surface area contributed by atoms with Crippen molar-refractivity contribution in [3.8, 4) is 5.69 Å². The Morgan fingerprint density at radius 2 is 1.63 bits per heavy atom. The Bertz CT molecular complexity index is 1280. The van der Waals surface area contributed by atoms with E-state index in [4.69, 9.17) is 4.74 Å². The molecule has 2 heterocycles. The molecule has 0 bridgehead atoms. The minimum Gasteiger partial charge on any atom is -0.454 e. The summed E-state index contributed by atoms with van der Waals surface area (Å²) in [7, 11) is 0. The van der Waals surface area contributed by atoms with E-state index < -0.39 is 48.1 Å². The number of carbonyl (C=O) groups is 4. The number of aromatic nitrogens is 2. The molecular formula is C25H23FN4O5. The van der Waals surface area contributed by atoms with Crippen LogP contribution in [0.15, 0.2) is 54.6 Å². The van der Waals surface area contributed by atoms with Crippen molar-refractivity contribution in [2.45, 2.75) is 26.8 Å². The van der Waals surface area contributed by atoms with Crippen molar-refractivity contribution in [1.82, 2.24) is 14.7 Å². The Morgan fingerprint density at radius 1 is 1.03 bits per heavy atom. The molecule has 0 fully saturated rings. The van der Waals surface area contributed by atoms with Gasteiger partial charge in [0.2, 0.25) is 0 Å². The zero-order valence-electron chi connectivity index (χ0n) is 19.3. The monoisotopic (exact) mass is 478 g/mol. The number of esters is 1. The summed E-state index contributed by atoms with van der Waals surface area (Å²) in [5, 5.41) is 6.90. The van der Waals surface area contributed by atoms with E-state index in [2.05, 4.69) is 10.4 Å². The molecule has 0 radical (unpaired) electrons. The Kier molecular flexibility index (Phi) is 6.46. The third kappa shape index (κ3) is 4.68. The van der Waals surface area contributed by atoms with Crippen LogP contribution in [0.5, 0.6) is 0 Å². The van der Waals surface area contributed by atoms with Gasteiger partial charge in [0.15, 0.2) is 6.61 Å². The minimum atomic E-state index is -1.19. The number of nitrogens with one attached hydrogen (secondary N) is 1. The first kappa shape index (κ1) is 23.8. The predicted molar refractivity (Wildman–Crippen MR) is 123 cm³/mol. The Morgan fingerprint density at radius 3 is 2.20 bits per heavy atom. The summed E-state index contributed by atoms with van der Waals surface area (Å²) in [5.41, 5.74) is 1.57. The topological polar surface area (TPSA) is 111 Å². The van der Waals surface area contributed by atoms with Crippen LogP contribution in [0.25, 0.3) is 5.69 Å². The number of amides is 3. The predicted octanol–water partition coefficient (Wildman–Crippen LogP) is 3.12. The molecule has 9 nitrogen and oxygen atoms in total. The normalized spacial score (nSPS) is 13.7. The molecule has 10 heteroatoms. The molecule has 0 spiro atoms. The molecule has 35 heavy (non-hydrogen) atoms. The average Bonchev–Trinajstić information content (AvgIpc) is 3.30. The molecular weight excluding hydrogens is 455 g/mol. The van der Waals surface area contributed by atoms with Gasteiger partial charge in [-0.15, -0.1) is 0 Å². The van der Waals surface area contributed by atoms with Gasteiger partial charge in [0.25, 0.3) is 17.7 Å². The van der Waals surface area contributed by atoms with Gasteiger partial charge in [-0.2, -0.15) is 5.10 Å². The molecule has 3 amide bonds. The van der Waals surface area contributed by atoms with Gasteiger partial charge in [-0.3, -0.25) is 19.3 Å². The van der Waals surface area contributed by atoms with E-state index >= 15 is 0 Å². The highest BCUT2D eigenvalue weighted by atomic mass is 19.1. The van der Waals surface area contributed by atoms with E-state index in [1.54, 1.807) is 39.0 Å². The van der Waals surface area contributed by atoms with Crippen LogP contribution in [-0.4, -0.2) is 51.0 Å². The lowest BCUT2D eigenvalue weighted by molar-refractivity contribution is -0.152. The molecule has 2 aromatic carbocycles. The Labute approximate surface area is 200 Å². The van der Waals surface area contributed by atoms with Crippen molar-refractivity contribution < 1.29 is 28.3 Å². The number of halogens is 1. The zero-order chi connectivity index (χ0) is 25.3. The first-order chi connectivity index (χ1) is 16.7. The van der Waals surface area contributed by atoms with Gasteiger partial charge in [0, 0.05) is 6.07 Å². The van der Waals surface area contributed by atoms with Gasteiger partial charge in [-0.1, -0.05) is 26.0 Å². The molecule has 0 unspecified atom stereocenters. The van der Waals surface area contributed by atoms with Crippen molar-refractivity contribution in [3.63, 3.8) is 0 Å². The van der Waals surface area contributed by atoms with E-state index in [9.17, 15) is 23.6 Å². The Hall–Kier alpha value is -4.34. The second-order valence-electron chi connectivity index (χ2n) is 8.43. The number of hydrogen-bond donors (Lipinski definition) is 1. The van der Waals surface area contributed by atoms with Crippen LogP contribution in [0.4, 0.5) is 10.2 Å². The number of fused-ring (bicyclic) bond motifs is 1. The number of benzene rings is 2. The summed E-state index contributed by atoms with van der Waals surface area (Å²) >= 11 is 0. The maximum absolute atomic E-state index is 13.3. The van der Waals surface area contributed by atoms with Crippen molar-refractivity contribution in [2.75, 3.05) is 11.9 Å². The summed E-state index contributed by atoms with van der Waals surface area (Å²) in [6.07, 6.45) is 0. The Balaban J connectivity index is 1.45. The SMILES string of the molecule is Cc1cc(NC(=O)COC(=O)[C@H](C(C)C)N2C(=O)c3ccccc3C2=O)n(-c2ccc(F)cc2)n1. The maximum Gasteiger partial charge on any atom is 0.330 e. The van der Waals surface area contributed by atoms with Gasteiger partial charge >= 0.3 is 5.97 Å². The number of nitrogens with zero attached hydrogens (tertiary/aromatic N) is 3. The van der Waals surface area contributed by atoms with Crippen LogP contribution in [0.3, 0.4) is 0 Å². The van der Waals surface area contributed by atoms with Gasteiger partial charge in [0.1, 0.15) is 17.7 Å². The fourth-order valence-corrected chi connectivity index (χ4v) is 3.90. The lowest BCUT2D eigenvalue weighted by Gasteiger charge is -2.27. The highest BCUT2D eigenvalue weighted by molar-refractivity contribution is 6.22. The van der Waals surface area contributed by atoms with Gasteiger partial charge in [-0.25, -0.2) is 13.9 Å². The van der Waals surface area contributed by atoms with E-state index in [-0.39, 0.29) is 11.1 Å². The molecule has 180 valence electrons. The molecule has 0 aliphatic carbocycles. The van der Waals surface area contributed by atoms with Crippen LogP contribution >= 0.6 is 0 Å². The quantitative estimate of drug-likeness (QED) is 0.413. The molecule has 0 saturated heterocycles. The standard InChI is InChI=1S/C25H23FN4O5/c1-14(2)22(29-23(32)18-6-4-5-7-19(18)24(29)33)25(34)35-13-21(31)27-20-12-15(3)28-30(20)17-10-8-16(26)9-11-17/h4-12,14,22H,13H2,1-3H3,(H,27,31)/t22-/m0/s1. The van der Waals surface area contributed by atoms with E-state index in [0.29, 0.717) is 17.2 Å². The fourth-order valence-electron chi connectivity index (χ4n) is 3.90. The minimum absolute atomic E-state index is 0.220. The van der Waals surface area contributed by atoms with Crippen molar-refractivity contribution in [3.05, 3.63) is 77.2 Å². The number of ether oxygens (including phenoxy) is 1. The third-order valence-corrected chi connectivity index (χ3v) is 5.49. The number of carbonyl (C=O) groups excluding carboxylic acids is 4. The number of anilines is 1. The number of rotatable bonds is 7. The number of imide groups is 1. The lowest BCUT2D eigenvalue weighted by Crippen LogP contribution is -2.49. The lowest BCUT2D eigenvalue weighted by atomic mass is 10.0. The summed E-state index contributed by atoms with van der Waals surface area (Å²) in [4.78, 5) is 52.0. The van der Waals surface area contributed by atoms with E-state index in [0.717, 1.165) is 4.90 Å². The molecule has 1 aromatic heterocycles. The fraction of sp³-hybridized carbons (Fsp3) is 0.240. The van der Waals surface area contributed by atoms with Crippen LogP contribution in [0, 0.1) is 18.7 Å². The number of aryl methyl sites for hydroxylation is 1. The van der Waals surface area contributed by atoms with Crippen LogP contribution < -0.4 is 5.32 Å². The highest BCUT2D eigenvalue weighted by Crippen LogP contribution is 2.27. The van der Waals surface area contributed by atoms with Crippen LogP contribution in [0.2, 0.25) is 0 Å². The first-order valence-corrected chi connectivity index (χ1v) is 10.9. The molecule has 4 rings (SSSR count). The van der Waals surface area contributed by atoms with Gasteiger partial charge in [0.05, 0.1) is 22.5 Å². The van der Waals surface area contributed by atoms with Crippen molar-refractivity contribution >= 4 is 29.5 Å². The highest BCUT2D eigenvalue weighted by Gasteiger charge is 2.44. The molecule has 1 atom stereocenters. The summed E-state index contributed by atoms with van der Waals surface area (Å²) in [6.45, 7) is 4.45. The number of hydrogen-bond acceptors (Lipinski definition) is 6. The maximum atomic E-state index is 13.3. The summed E-state index contributed by atoms with van der Waals surface area (Å²) < 4.78 is 19.9. The van der Waals surface area contributed by atoms with Crippen LogP contribution in [-0.2, 0) is 14.3 Å². The summed E-state index contributed by atoms with van der Waals surface area (Å²) in [5.74, 6) is -3.23. The zero-order valence-corrected chi connectivity index (χ0v) is 19.3. The van der Waals surface area contributed by atoms with Gasteiger partial charge in [-0.05, 0) is 49.2 Å². The van der Waals surface area contributed by atoms with Crippen LogP contribution in [0.1, 0.15) is 40.3 Å². The molecule has 1 aliphatic heterocycles. The van der Waals surface area contributed by atoms with E-state index in [1.807, 2.05) is 0 Å². The third-order valence-electron chi connectivity index (χ3n) is 5.49. The average molecular weight is 478 g/mol. The molecule has 0 saturated carbocycles. The summed E-state index contributed by atoms with van der Waals surface area (Å²) in [6, 6.07) is 12.3. The first-order valence-electron chi connectivity index (χ1n) is 10.9.